The maximum Gasteiger partial charge on any atom is 0.283 e. The summed E-state index contributed by atoms with van der Waals surface area (Å²) in [6, 6.07) is 0. The van der Waals surface area contributed by atoms with Gasteiger partial charge in [-0.1, -0.05) is 6.92 Å². The van der Waals surface area contributed by atoms with E-state index in [0.717, 1.165) is 44.8 Å². The molecule has 0 unspecified atom stereocenters. The molecule has 5 nitrogen and oxygen atoms in total. The van der Waals surface area contributed by atoms with Crippen LogP contribution in [-0.4, -0.2) is 29.5 Å². The Kier molecular flexibility index (Phi) is 4.36. The smallest absolute Gasteiger partial charge is 0.283 e. The Bertz CT molecular complexity index is 563. The Hall–Kier alpha value is -0.880. The van der Waals surface area contributed by atoms with Crippen LogP contribution in [0.4, 0.5) is 5.69 Å². The van der Waals surface area contributed by atoms with E-state index in [1.165, 1.54) is 12.8 Å². The fraction of sp³-hybridized carbons (Fsp3) is 0.733. The van der Waals surface area contributed by atoms with Gasteiger partial charge in [-0.3, -0.25) is 4.79 Å². The highest BCUT2D eigenvalue weighted by Gasteiger charge is 2.28. The monoisotopic (exact) mass is 355 g/mol. The minimum Gasteiger partial charge on any atom is -0.382 e. The predicted molar refractivity (Wildman–Crippen MR) is 85.6 cm³/mol. The summed E-state index contributed by atoms with van der Waals surface area (Å²) in [5.41, 5.74) is 0.976. The zero-order chi connectivity index (χ0) is 14.9. The van der Waals surface area contributed by atoms with Gasteiger partial charge in [0.1, 0.15) is 4.47 Å². The molecule has 116 valence electrons. The lowest BCUT2D eigenvalue weighted by Gasteiger charge is -2.34. The van der Waals surface area contributed by atoms with Crippen molar-refractivity contribution in [2.45, 2.75) is 39.2 Å². The SMILES string of the molecule is CC1(CNc2cnn(CC3CC3)c(=O)c2Br)CCOCC1. The molecule has 0 bridgehead atoms. The first kappa shape index (κ1) is 15.0. The van der Waals surface area contributed by atoms with Crippen molar-refractivity contribution in [3.63, 3.8) is 0 Å². The summed E-state index contributed by atoms with van der Waals surface area (Å²) >= 11 is 3.42. The predicted octanol–water partition coefficient (Wildman–Crippen LogP) is 2.64. The van der Waals surface area contributed by atoms with E-state index in [4.69, 9.17) is 4.74 Å². The van der Waals surface area contributed by atoms with Crippen LogP contribution in [0.25, 0.3) is 0 Å². The Morgan fingerprint density at radius 3 is 2.86 bits per heavy atom. The molecule has 1 aliphatic carbocycles. The third-order valence-corrected chi connectivity index (χ3v) is 5.28. The Balaban J connectivity index is 1.67. The van der Waals surface area contributed by atoms with Crippen LogP contribution in [0.2, 0.25) is 0 Å². The Morgan fingerprint density at radius 2 is 2.19 bits per heavy atom. The zero-order valence-electron chi connectivity index (χ0n) is 12.4. The number of hydrogen-bond donors (Lipinski definition) is 1. The van der Waals surface area contributed by atoms with E-state index >= 15 is 0 Å². The molecule has 2 heterocycles. The van der Waals surface area contributed by atoms with Gasteiger partial charge in [0, 0.05) is 26.3 Å². The number of halogens is 1. The second-order valence-corrected chi connectivity index (χ2v) is 7.37. The fourth-order valence-corrected chi connectivity index (χ4v) is 3.06. The molecule has 1 saturated heterocycles. The molecule has 6 heteroatoms. The quantitative estimate of drug-likeness (QED) is 0.881. The first-order chi connectivity index (χ1) is 10.1. The summed E-state index contributed by atoms with van der Waals surface area (Å²) in [6.07, 6.45) is 6.28. The number of ether oxygens (including phenoxy) is 1. The molecular formula is C15H22BrN3O2. The highest BCUT2D eigenvalue weighted by molar-refractivity contribution is 9.10. The third-order valence-electron chi connectivity index (χ3n) is 4.52. The van der Waals surface area contributed by atoms with Crippen LogP contribution in [0.5, 0.6) is 0 Å². The number of nitrogens with zero attached hydrogens (tertiary/aromatic N) is 2. The molecule has 1 saturated carbocycles. The molecule has 21 heavy (non-hydrogen) atoms. The van der Waals surface area contributed by atoms with Crippen LogP contribution in [0.15, 0.2) is 15.5 Å². The van der Waals surface area contributed by atoms with E-state index < -0.39 is 0 Å². The van der Waals surface area contributed by atoms with Crippen LogP contribution in [0, 0.1) is 11.3 Å². The van der Waals surface area contributed by atoms with Crippen LogP contribution in [0.3, 0.4) is 0 Å². The molecule has 0 aromatic carbocycles. The molecule has 2 fully saturated rings. The van der Waals surface area contributed by atoms with Crippen molar-refractivity contribution in [3.8, 4) is 0 Å². The maximum absolute atomic E-state index is 12.3. The van der Waals surface area contributed by atoms with Gasteiger partial charge >= 0.3 is 0 Å². The largest absolute Gasteiger partial charge is 0.382 e. The second kappa shape index (κ2) is 6.08. The third kappa shape index (κ3) is 3.66. The minimum absolute atomic E-state index is 0.0379. The normalized spacial score (nSPS) is 21.2. The van der Waals surface area contributed by atoms with E-state index in [9.17, 15) is 4.79 Å². The van der Waals surface area contributed by atoms with Gasteiger partial charge in [0.2, 0.25) is 0 Å². The molecule has 0 spiro atoms. The van der Waals surface area contributed by atoms with Gasteiger partial charge in [-0.15, -0.1) is 0 Å². The second-order valence-electron chi connectivity index (χ2n) is 6.58. The molecule has 0 radical (unpaired) electrons. The van der Waals surface area contributed by atoms with E-state index in [1.807, 2.05) is 0 Å². The minimum atomic E-state index is -0.0379. The summed E-state index contributed by atoms with van der Waals surface area (Å²) < 4.78 is 7.58. The van der Waals surface area contributed by atoms with Crippen LogP contribution < -0.4 is 10.9 Å². The molecule has 3 rings (SSSR count). The van der Waals surface area contributed by atoms with Crippen molar-refractivity contribution in [1.29, 1.82) is 0 Å². The molecule has 0 atom stereocenters. The standard InChI is InChI=1S/C15H22BrN3O2/c1-15(4-6-21-7-5-15)10-17-12-8-18-19(9-11-2-3-11)14(20)13(12)16/h8,11,17H,2-7,9-10H2,1H3. The summed E-state index contributed by atoms with van der Waals surface area (Å²) in [7, 11) is 0. The van der Waals surface area contributed by atoms with Crippen molar-refractivity contribution >= 4 is 21.6 Å². The van der Waals surface area contributed by atoms with E-state index in [1.54, 1.807) is 10.9 Å². The number of rotatable bonds is 5. The molecule has 1 aromatic heterocycles. The number of aromatic nitrogens is 2. The highest BCUT2D eigenvalue weighted by atomic mass is 79.9. The first-order valence-corrected chi connectivity index (χ1v) is 8.44. The molecule has 1 N–H and O–H groups in total. The first-order valence-electron chi connectivity index (χ1n) is 7.65. The van der Waals surface area contributed by atoms with E-state index in [2.05, 4.69) is 33.3 Å². The molecule has 2 aliphatic rings. The lowest BCUT2D eigenvalue weighted by molar-refractivity contribution is 0.0300. The lowest BCUT2D eigenvalue weighted by atomic mass is 9.82. The number of nitrogens with one attached hydrogen (secondary N) is 1. The Labute approximate surface area is 133 Å². The molecule has 1 aromatic rings. The number of anilines is 1. The Morgan fingerprint density at radius 1 is 1.48 bits per heavy atom. The van der Waals surface area contributed by atoms with Crippen molar-refractivity contribution in [2.75, 3.05) is 25.1 Å². The van der Waals surface area contributed by atoms with E-state index in [0.29, 0.717) is 10.4 Å². The van der Waals surface area contributed by atoms with Crippen LogP contribution >= 0.6 is 15.9 Å². The van der Waals surface area contributed by atoms with Gasteiger partial charge in [-0.05, 0) is 52.9 Å². The van der Waals surface area contributed by atoms with E-state index in [-0.39, 0.29) is 11.0 Å². The zero-order valence-corrected chi connectivity index (χ0v) is 14.0. The van der Waals surface area contributed by atoms with Gasteiger partial charge in [-0.25, -0.2) is 4.68 Å². The highest BCUT2D eigenvalue weighted by Crippen LogP contribution is 2.31. The number of hydrogen-bond acceptors (Lipinski definition) is 4. The van der Waals surface area contributed by atoms with Crippen molar-refractivity contribution in [1.82, 2.24) is 9.78 Å². The van der Waals surface area contributed by atoms with Crippen molar-refractivity contribution in [3.05, 3.63) is 21.0 Å². The van der Waals surface area contributed by atoms with Crippen molar-refractivity contribution < 1.29 is 4.74 Å². The fourth-order valence-electron chi connectivity index (χ4n) is 2.61. The topological polar surface area (TPSA) is 56.2 Å². The van der Waals surface area contributed by atoms with Crippen LogP contribution in [0.1, 0.15) is 32.6 Å². The maximum atomic E-state index is 12.3. The lowest BCUT2D eigenvalue weighted by Crippen LogP contribution is -2.34. The summed E-state index contributed by atoms with van der Waals surface area (Å²) in [6.45, 7) is 5.48. The average molecular weight is 356 g/mol. The van der Waals surface area contributed by atoms with Gasteiger partial charge in [0.15, 0.2) is 0 Å². The summed E-state index contributed by atoms with van der Waals surface area (Å²) in [4.78, 5) is 12.3. The molecular weight excluding hydrogens is 334 g/mol. The van der Waals surface area contributed by atoms with Crippen molar-refractivity contribution in [2.24, 2.45) is 11.3 Å². The van der Waals surface area contributed by atoms with Gasteiger partial charge in [0.25, 0.3) is 5.56 Å². The average Bonchev–Trinajstić information content (AvgIpc) is 3.28. The van der Waals surface area contributed by atoms with Gasteiger partial charge in [0.05, 0.1) is 11.9 Å². The molecule has 1 aliphatic heterocycles. The summed E-state index contributed by atoms with van der Waals surface area (Å²) in [5.74, 6) is 0.641. The van der Waals surface area contributed by atoms with Gasteiger partial charge < -0.3 is 10.1 Å². The van der Waals surface area contributed by atoms with Crippen LogP contribution in [-0.2, 0) is 11.3 Å². The summed E-state index contributed by atoms with van der Waals surface area (Å²) in [5, 5.41) is 7.67. The van der Waals surface area contributed by atoms with Gasteiger partial charge in [-0.2, -0.15) is 5.10 Å². The molecule has 0 amide bonds.